The molecule has 0 radical (unpaired) electrons. The summed E-state index contributed by atoms with van der Waals surface area (Å²) < 4.78 is 0. The molecule has 5 nitrogen and oxygen atoms in total. The number of aromatic nitrogens is 1. The Morgan fingerprint density at radius 3 is 2.28 bits per heavy atom. The smallest absolute Gasteiger partial charge is 0.251 e. The van der Waals surface area contributed by atoms with Crippen molar-refractivity contribution in [3.05, 3.63) is 59.3 Å². The third-order valence-corrected chi connectivity index (χ3v) is 3.83. The van der Waals surface area contributed by atoms with Crippen LogP contribution in [0.4, 0.5) is 5.82 Å². The Hall–Kier alpha value is -2.69. The fourth-order valence-corrected chi connectivity index (χ4v) is 2.26. The molecule has 5 heteroatoms. The molecule has 2 aromatic rings. The number of hydrogen-bond acceptors (Lipinski definition) is 3. The van der Waals surface area contributed by atoms with E-state index in [9.17, 15) is 9.59 Å². The van der Waals surface area contributed by atoms with E-state index < -0.39 is 0 Å². The van der Waals surface area contributed by atoms with E-state index in [1.54, 1.807) is 12.3 Å². The van der Waals surface area contributed by atoms with Gasteiger partial charge in [0, 0.05) is 24.7 Å². The molecule has 0 fully saturated rings. The minimum absolute atomic E-state index is 0.0527. The number of nitrogens with zero attached hydrogens (tertiary/aromatic N) is 1. The van der Waals surface area contributed by atoms with Crippen molar-refractivity contribution in [1.29, 1.82) is 0 Å². The summed E-state index contributed by atoms with van der Waals surface area (Å²) in [4.78, 5) is 28.1. The van der Waals surface area contributed by atoms with Crippen molar-refractivity contribution >= 4 is 17.6 Å². The topological polar surface area (TPSA) is 71.1 Å². The molecular formula is C20H25N3O2. The van der Waals surface area contributed by atoms with Crippen molar-refractivity contribution in [3.63, 3.8) is 0 Å². The maximum absolute atomic E-state index is 12.1. The first kappa shape index (κ1) is 18.6. The Balaban J connectivity index is 1.79. The summed E-state index contributed by atoms with van der Waals surface area (Å²) in [6, 6.07) is 11.2. The molecule has 0 bridgehead atoms. The van der Waals surface area contributed by atoms with Gasteiger partial charge in [-0.05, 0) is 41.7 Å². The number of benzene rings is 1. The number of carbonyl (C=O) groups is 2. The SMILES string of the molecule is Cc1ccc(NC(=O)CCNC(=O)c2ccc(C(C)(C)C)cc2)nc1. The number of anilines is 1. The summed E-state index contributed by atoms with van der Waals surface area (Å²) in [5.74, 6) is 0.154. The molecule has 0 spiro atoms. The van der Waals surface area contributed by atoms with Gasteiger partial charge in [0.05, 0.1) is 0 Å². The van der Waals surface area contributed by atoms with E-state index in [4.69, 9.17) is 0 Å². The van der Waals surface area contributed by atoms with Crippen LogP contribution in [0.2, 0.25) is 0 Å². The van der Waals surface area contributed by atoms with Crippen LogP contribution >= 0.6 is 0 Å². The third kappa shape index (κ3) is 5.71. The predicted molar refractivity (Wildman–Crippen MR) is 99.7 cm³/mol. The lowest BCUT2D eigenvalue weighted by molar-refractivity contribution is -0.116. The molecule has 1 aromatic carbocycles. The van der Waals surface area contributed by atoms with Crippen LogP contribution in [-0.4, -0.2) is 23.3 Å². The minimum atomic E-state index is -0.181. The Labute approximate surface area is 148 Å². The standard InChI is InChI=1S/C20H25N3O2/c1-14-5-10-17(22-13-14)23-18(24)11-12-21-19(25)15-6-8-16(9-7-15)20(2,3)4/h5-10,13H,11-12H2,1-4H3,(H,21,25)(H,22,23,24). The molecule has 0 unspecified atom stereocenters. The van der Waals surface area contributed by atoms with Crippen molar-refractivity contribution in [1.82, 2.24) is 10.3 Å². The number of rotatable bonds is 5. The zero-order valence-corrected chi connectivity index (χ0v) is 15.2. The van der Waals surface area contributed by atoms with Crippen molar-refractivity contribution in [2.45, 2.75) is 39.5 Å². The van der Waals surface area contributed by atoms with Crippen LogP contribution in [0.5, 0.6) is 0 Å². The molecule has 132 valence electrons. The first-order valence-corrected chi connectivity index (χ1v) is 8.37. The van der Waals surface area contributed by atoms with E-state index in [1.165, 1.54) is 5.56 Å². The summed E-state index contributed by atoms with van der Waals surface area (Å²) in [5.41, 5.74) is 2.85. The largest absolute Gasteiger partial charge is 0.352 e. The number of hydrogen-bond donors (Lipinski definition) is 2. The first-order chi connectivity index (χ1) is 11.8. The van der Waals surface area contributed by atoms with Crippen LogP contribution < -0.4 is 10.6 Å². The van der Waals surface area contributed by atoms with Crippen molar-refractivity contribution in [2.75, 3.05) is 11.9 Å². The number of carbonyl (C=O) groups excluding carboxylic acids is 2. The normalized spacial score (nSPS) is 11.0. The fraction of sp³-hybridized carbons (Fsp3) is 0.350. The highest BCUT2D eigenvalue weighted by atomic mass is 16.2. The van der Waals surface area contributed by atoms with Gasteiger partial charge in [-0.15, -0.1) is 0 Å². The summed E-state index contributed by atoms with van der Waals surface area (Å²) in [6.07, 6.45) is 1.89. The lowest BCUT2D eigenvalue weighted by atomic mass is 9.87. The van der Waals surface area contributed by atoms with Crippen LogP contribution in [-0.2, 0) is 10.2 Å². The van der Waals surface area contributed by atoms with Gasteiger partial charge < -0.3 is 10.6 Å². The van der Waals surface area contributed by atoms with Crippen LogP contribution in [0.25, 0.3) is 0 Å². The van der Waals surface area contributed by atoms with Gasteiger partial charge in [-0.1, -0.05) is 39.0 Å². The van der Waals surface area contributed by atoms with Crippen molar-refractivity contribution in [3.8, 4) is 0 Å². The zero-order chi connectivity index (χ0) is 18.4. The van der Waals surface area contributed by atoms with Gasteiger partial charge in [-0.2, -0.15) is 0 Å². The maximum atomic E-state index is 12.1. The molecule has 0 aliphatic heterocycles. The van der Waals surface area contributed by atoms with Crippen LogP contribution in [0.1, 0.15) is 48.7 Å². The second-order valence-corrected chi connectivity index (χ2v) is 7.10. The van der Waals surface area contributed by atoms with Gasteiger partial charge in [0.15, 0.2) is 0 Å². The van der Waals surface area contributed by atoms with Gasteiger partial charge in [0.1, 0.15) is 5.82 Å². The van der Waals surface area contributed by atoms with Crippen LogP contribution in [0, 0.1) is 6.92 Å². The summed E-state index contributed by atoms with van der Waals surface area (Å²) in [6.45, 7) is 8.59. The van der Waals surface area contributed by atoms with Crippen LogP contribution in [0.15, 0.2) is 42.6 Å². The third-order valence-electron chi connectivity index (χ3n) is 3.83. The monoisotopic (exact) mass is 339 g/mol. The number of amides is 2. The second kappa shape index (κ2) is 7.92. The maximum Gasteiger partial charge on any atom is 0.251 e. The quantitative estimate of drug-likeness (QED) is 0.876. The molecule has 1 aromatic heterocycles. The summed E-state index contributed by atoms with van der Waals surface area (Å²) in [7, 11) is 0. The molecule has 2 amide bonds. The molecule has 0 atom stereocenters. The van der Waals surface area contributed by atoms with Gasteiger partial charge in [0.25, 0.3) is 5.91 Å². The Morgan fingerprint density at radius 2 is 1.72 bits per heavy atom. The van der Waals surface area contributed by atoms with Gasteiger partial charge in [0.2, 0.25) is 5.91 Å². The van der Waals surface area contributed by atoms with E-state index >= 15 is 0 Å². The van der Waals surface area contributed by atoms with Gasteiger partial charge in [-0.25, -0.2) is 4.98 Å². The first-order valence-electron chi connectivity index (χ1n) is 8.37. The van der Waals surface area contributed by atoms with Crippen molar-refractivity contribution in [2.24, 2.45) is 0 Å². The zero-order valence-electron chi connectivity index (χ0n) is 15.2. The Morgan fingerprint density at radius 1 is 1.04 bits per heavy atom. The molecule has 25 heavy (non-hydrogen) atoms. The molecule has 0 aliphatic carbocycles. The average Bonchev–Trinajstić information content (AvgIpc) is 2.56. The molecule has 0 saturated heterocycles. The van der Waals surface area contributed by atoms with Gasteiger partial charge in [-0.3, -0.25) is 9.59 Å². The minimum Gasteiger partial charge on any atom is -0.352 e. The molecule has 2 rings (SSSR count). The molecule has 0 aliphatic rings. The lowest BCUT2D eigenvalue weighted by Crippen LogP contribution is -2.27. The van der Waals surface area contributed by atoms with E-state index in [0.717, 1.165) is 5.56 Å². The van der Waals surface area contributed by atoms with Crippen molar-refractivity contribution < 1.29 is 9.59 Å². The molecule has 2 N–H and O–H groups in total. The highest BCUT2D eigenvalue weighted by Gasteiger charge is 2.14. The lowest BCUT2D eigenvalue weighted by Gasteiger charge is -2.19. The Bertz CT molecular complexity index is 729. The second-order valence-electron chi connectivity index (χ2n) is 7.10. The average molecular weight is 339 g/mol. The van der Waals surface area contributed by atoms with Gasteiger partial charge >= 0.3 is 0 Å². The summed E-state index contributed by atoms with van der Waals surface area (Å²) in [5, 5.41) is 5.47. The fourth-order valence-electron chi connectivity index (χ4n) is 2.26. The number of aryl methyl sites for hydroxylation is 1. The molecule has 1 heterocycles. The Kier molecular flexibility index (Phi) is 5.91. The van der Waals surface area contributed by atoms with E-state index in [1.807, 2.05) is 37.3 Å². The van der Waals surface area contributed by atoms with E-state index in [2.05, 4.69) is 36.4 Å². The van der Waals surface area contributed by atoms with E-state index in [-0.39, 0.29) is 30.2 Å². The van der Waals surface area contributed by atoms with Crippen LogP contribution in [0.3, 0.4) is 0 Å². The number of nitrogens with one attached hydrogen (secondary N) is 2. The number of pyridine rings is 1. The highest BCUT2D eigenvalue weighted by molar-refractivity contribution is 5.95. The molecule has 0 saturated carbocycles. The summed E-state index contributed by atoms with van der Waals surface area (Å²) >= 11 is 0. The molecular weight excluding hydrogens is 314 g/mol. The highest BCUT2D eigenvalue weighted by Crippen LogP contribution is 2.22. The van der Waals surface area contributed by atoms with E-state index in [0.29, 0.717) is 11.4 Å². The predicted octanol–water partition coefficient (Wildman–Crippen LogP) is 3.45.